The molecule has 0 unspecified atom stereocenters. The Hall–Kier alpha value is -2.31. The first-order valence-electron chi connectivity index (χ1n) is 8.43. The number of hydrogen-bond acceptors (Lipinski definition) is 5. The molecule has 0 aliphatic rings. The lowest BCUT2D eigenvalue weighted by Crippen LogP contribution is -2.25. The van der Waals surface area contributed by atoms with Crippen molar-refractivity contribution < 1.29 is 9.53 Å². The number of thioether (sulfide) groups is 1. The fourth-order valence-corrected chi connectivity index (χ4v) is 3.97. The number of rotatable bonds is 6. The van der Waals surface area contributed by atoms with Crippen LogP contribution in [0.2, 0.25) is 5.02 Å². The molecule has 0 radical (unpaired) electrons. The van der Waals surface area contributed by atoms with Crippen LogP contribution in [0.1, 0.15) is 30.2 Å². The highest BCUT2D eigenvalue weighted by atomic mass is 35.5. The Morgan fingerprint density at radius 1 is 1.26 bits per heavy atom. The lowest BCUT2D eigenvalue weighted by Gasteiger charge is -2.16. The van der Waals surface area contributed by atoms with E-state index in [-0.39, 0.29) is 23.1 Å². The number of carbonyl (C=O) groups excluding carboxylic acids is 1. The molecule has 5 nitrogen and oxygen atoms in total. The van der Waals surface area contributed by atoms with Crippen LogP contribution >= 0.6 is 23.4 Å². The van der Waals surface area contributed by atoms with E-state index in [9.17, 15) is 9.59 Å². The molecule has 1 heterocycles. The van der Waals surface area contributed by atoms with Crippen molar-refractivity contribution in [2.24, 2.45) is 0 Å². The molecule has 27 heavy (non-hydrogen) atoms. The minimum Gasteiger partial charge on any atom is -0.496 e. The fraction of sp³-hybridized carbons (Fsp3) is 0.250. The molecule has 0 amide bonds. The van der Waals surface area contributed by atoms with Crippen molar-refractivity contribution in [3.63, 3.8) is 0 Å². The maximum Gasteiger partial charge on any atom is 0.262 e. The molecule has 3 rings (SSSR count). The van der Waals surface area contributed by atoms with Gasteiger partial charge in [0, 0.05) is 11.1 Å². The van der Waals surface area contributed by atoms with Crippen molar-refractivity contribution in [2.75, 3.05) is 12.9 Å². The van der Waals surface area contributed by atoms with Crippen LogP contribution in [0.25, 0.3) is 10.9 Å². The molecule has 0 aliphatic carbocycles. The molecule has 1 aromatic heterocycles. The maximum atomic E-state index is 12.9. The van der Waals surface area contributed by atoms with Gasteiger partial charge in [-0.25, -0.2) is 4.98 Å². The van der Waals surface area contributed by atoms with Crippen LogP contribution in [-0.4, -0.2) is 28.2 Å². The van der Waals surface area contributed by atoms with Gasteiger partial charge < -0.3 is 4.74 Å². The number of aromatic nitrogens is 2. The van der Waals surface area contributed by atoms with Crippen molar-refractivity contribution in [3.8, 4) is 5.75 Å². The summed E-state index contributed by atoms with van der Waals surface area (Å²) in [5.74, 6) is 0.585. The van der Waals surface area contributed by atoms with Crippen molar-refractivity contribution >= 4 is 40.0 Å². The average Bonchev–Trinajstić information content (AvgIpc) is 2.65. The predicted molar refractivity (Wildman–Crippen MR) is 109 cm³/mol. The van der Waals surface area contributed by atoms with E-state index >= 15 is 0 Å². The van der Waals surface area contributed by atoms with Gasteiger partial charge in [-0.05, 0) is 44.2 Å². The third-order valence-corrected chi connectivity index (χ3v) is 5.28. The van der Waals surface area contributed by atoms with E-state index in [4.69, 9.17) is 16.3 Å². The summed E-state index contributed by atoms with van der Waals surface area (Å²) in [6.45, 7) is 3.83. The summed E-state index contributed by atoms with van der Waals surface area (Å²) < 4.78 is 6.86. The highest BCUT2D eigenvalue weighted by molar-refractivity contribution is 7.99. The van der Waals surface area contributed by atoms with Crippen LogP contribution in [0.4, 0.5) is 0 Å². The van der Waals surface area contributed by atoms with E-state index in [2.05, 4.69) is 4.98 Å². The van der Waals surface area contributed by atoms with E-state index in [0.29, 0.717) is 32.4 Å². The van der Waals surface area contributed by atoms with Crippen molar-refractivity contribution in [2.45, 2.75) is 25.0 Å². The quantitative estimate of drug-likeness (QED) is 0.342. The molecule has 0 spiro atoms. The number of methoxy groups -OCH3 is 1. The van der Waals surface area contributed by atoms with Gasteiger partial charge in [0.25, 0.3) is 5.56 Å². The second-order valence-corrected chi connectivity index (χ2v) is 7.62. The third kappa shape index (κ3) is 4.01. The molecular weight excluding hydrogens is 384 g/mol. The van der Waals surface area contributed by atoms with Gasteiger partial charge in [-0.3, -0.25) is 14.2 Å². The Kier molecular flexibility index (Phi) is 5.87. The Bertz CT molecular complexity index is 1060. The number of ketones is 1. The number of nitrogens with zero attached hydrogens (tertiary/aromatic N) is 2. The molecule has 0 fully saturated rings. The molecule has 0 aliphatic heterocycles. The molecule has 0 saturated heterocycles. The Morgan fingerprint density at radius 2 is 2.00 bits per heavy atom. The van der Waals surface area contributed by atoms with Crippen LogP contribution < -0.4 is 10.3 Å². The number of para-hydroxylation sites is 1. The monoisotopic (exact) mass is 402 g/mol. The maximum absolute atomic E-state index is 12.9. The first-order chi connectivity index (χ1) is 12.9. The molecule has 0 N–H and O–H groups in total. The molecule has 0 bridgehead atoms. The Labute approximate surface area is 166 Å². The van der Waals surface area contributed by atoms with Gasteiger partial charge in [-0.1, -0.05) is 35.5 Å². The highest BCUT2D eigenvalue weighted by Crippen LogP contribution is 2.25. The van der Waals surface area contributed by atoms with E-state index < -0.39 is 0 Å². The normalized spacial score (nSPS) is 11.1. The SMILES string of the molecule is COc1ccccc1C(=O)CSc1nc2cc(Cl)ccc2c(=O)n1C(C)C. The lowest BCUT2D eigenvalue weighted by atomic mass is 10.1. The number of Topliss-reactive ketones (excluding diaryl/α,β-unsaturated/α-hetero) is 1. The average molecular weight is 403 g/mol. The zero-order valence-electron chi connectivity index (χ0n) is 15.2. The standard InChI is InChI=1S/C20H19ClN2O3S/c1-12(2)23-19(25)14-9-8-13(21)10-16(14)22-20(23)27-11-17(24)15-6-4-5-7-18(15)26-3/h4-10,12H,11H2,1-3H3. The lowest BCUT2D eigenvalue weighted by molar-refractivity contribution is 0.101. The number of halogens is 1. The Balaban J connectivity index is 1.97. The molecular formula is C20H19ClN2O3S. The topological polar surface area (TPSA) is 61.2 Å². The van der Waals surface area contributed by atoms with Gasteiger partial charge >= 0.3 is 0 Å². The summed E-state index contributed by atoms with van der Waals surface area (Å²) >= 11 is 7.28. The molecule has 0 saturated carbocycles. The summed E-state index contributed by atoms with van der Waals surface area (Å²) in [4.78, 5) is 30.1. The van der Waals surface area contributed by atoms with Gasteiger partial charge in [-0.2, -0.15) is 0 Å². The summed E-state index contributed by atoms with van der Waals surface area (Å²) in [6.07, 6.45) is 0. The van der Waals surface area contributed by atoms with Crippen LogP contribution in [0, 0.1) is 0 Å². The van der Waals surface area contributed by atoms with Crippen molar-refractivity contribution in [3.05, 3.63) is 63.4 Å². The smallest absolute Gasteiger partial charge is 0.262 e. The van der Waals surface area contributed by atoms with Gasteiger partial charge in [0.05, 0.1) is 29.3 Å². The highest BCUT2D eigenvalue weighted by Gasteiger charge is 2.17. The summed E-state index contributed by atoms with van der Waals surface area (Å²) in [6, 6.07) is 12.0. The number of carbonyl (C=O) groups is 1. The van der Waals surface area contributed by atoms with E-state index in [1.54, 1.807) is 41.0 Å². The zero-order valence-corrected chi connectivity index (χ0v) is 16.8. The van der Waals surface area contributed by atoms with Crippen LogP contribution in [0.5, 0.6) is 5.75 Å². The first-order valence-corrected chi connectivity index (χ1v) is 9.79. The summed E-state index contributed by atoms with van der Waals surface area (Å²) in [5.41, 5.74) is 0.894. The van der Waals surface area contributed by atoms with E-state index in [1.165, 1.54) is 18.9 Å². The predicted octanol–water partition coefficient (Wildman–Crippen LogP) is 4.61. The number of hydrogen-bond donors (Lipinski definition) is 0. The molecule has 2 aromatic carbocycles. The molecule has 140 valence electrons. The van der Waals surface area contributed by atoms with Gasteiger partial charge in [0.15, 0.2) is 10.9 Å². The van der Waals surface area contributed by atoms with E-state index in [1.807, 2.05) is 19.9 Å². The van der Waals surface area contributed by atoms with Crippen LogP contribution in [0.15, 0.2) is 52.4 Å². The number of benzene rings is 2. The second-order valence-electron chi connectivity index (χ2n) is 6.24. The largest absolute Gasteiger partial charge is 0.496 e. The molecule has 7 heteroatoms. The Morgan fingerprint density at radius 3 is 2.70 bits per heavy atom. The van der Waals surface area contributed by atoms with Gasteiger partial charge in [-0.15, -0.1) is 0 Å². The third-order valence-electron chi connectivity index (χ3n) is 4.09. The number of fused-ring (bicyclic) bond motifs is 1. The fourth-order valence-electron chi connectivity index (χ4n) is 2.79. The minimum absolute atomic E-state index is 0.0889. The van der Waals surface area contributed by atoms with E-state index in [0.717, 1.165) is 0 Å². The summed E-state index contributed by atoms with van der Waals surface area (Å²) in [5, 5.41) is 1.51. The minimum atomic E-state index is -0.140. The summed E-state index contributed by atoms with van der Waals surface area (Å²) in [7, 11) is 1.53. The van der Waals surface area contributed by atoms with Crippen molar-refractivity contribution in [1.29, 1.82) is 0 Å². The molecule has 3 aromatic rings. The van der Waals surface area contributed by atoms with Crippen LogP contribution in [0.3, 0.4) is 0 Å². The zero-order chi connectivity index (χ0) is 19.6. The molecule has 0 atom stereocenters. The van der Waals surface area contributed by atoms with Crippen LogP contribution in [-0.2, 0) is 0 Å². The number of ether oxygens (including phenoxy) is 1. The first kappa shape index (κ1) is 19.5. The second kappa shape index (κ2) is 8.15. The van der Waals surface area contributed by atoms with Crippen molar-refractivity contribution in [1.82, 2.24) is 9.55 Å². The van der Waals surface area contributed by atoms with Gasteiger partial charge in [0.1, 0.15) is 5.75 Å². The van der Waals surface area contributed by atoms with Gasteiger partial charge in [0.2, 0.25) is 0 Å².